The maximum absolute atomic E-state index is 11.9. The summed E-state index contributed by atoms with van der Waals surface area (Å²) in [6.07, 6.45) is 1.43. The Hall–Kier alpha value is -0.240. The van der Waals surface area contributed by atoms with Crippen LogP contribution in [-0.2, 0) is 4.79 Å². The molecule has 0 bridgehead atoms. The van der Waals surface area contributed by atoms with Crippen LogP contribution >= 0.6 is 11.6 Å². The number of halogens is 1. The molecule has 0 spiro atoms. The van der Waals surface area contributed by atoms with Crippen LogP contribution < -0.4 is 5.32 Å². The van der Waals surface area contributed by atoms with Crippen LogP contribution in [0.25, 0.3) is 0 Å². The molecule has 0 aliphatic rings. The van der Waals surface area contributed by atoms with E-state index in [2.05, 4.69) is 46.9 Å². The maximum Gasteiger partial charge on any atom is 0.220 e. The van der Waals surface area contributed by atoms with Gasteiger partial charge in [0.2, 0.25) is 5.91 Å². The van der Waals surface area contributed by atoms with Crippen LogP contribution in [-0.4, -0.2) is 17.8 Å². The molecule has 2 atom stereocenters. The lowest BCUT2D eigenvalue weighted by Crippen LogP contribution is -2.40. The first kappa shape index (κ1) is 16.8. The van der Waals surface area contributed by atoms with Crippen LogP contribution in [0.15, 0.2) is 0 Å². The van der Waals surface area contributed by atoms with Gasteiger partial charge in [-0.2, -0.15) is 0 Å². The summed E-state index contributed by atoms with van der Waals surface area (Å²) < 4.78 is 0. The van der Waals surface area contributed by atoms with Gasteiger partial charge in [-0.15, -0.1) is 11.6 Å². The molecule has 17 heavy (non-hydrogen) atoms. The third-order valence-corrected chi connectivity index (χ3v) is 3.76. The number of carbonyl (C=O) groups excluding carboxylic acids is 1. The highest BCUT2D eigenvalue weighted by Gasteiger charge is 2.24. The lowest BCUT2D eigenvalue weighted by Gasteiger charge is -2.28. The van der Waals surface area contributed by atoms with Gasteiger partial charge >= 0.3 is 0 Å². The van der Waals surface area contributed by atoms with Gasteiger partial charge in [-0.25, -0.2) is 0 Å². The summed E-state index contributed by atoms with van der Waals surface area (Å²) in [6.45, 7) is 12.9. The highest BCUT2D eigenvalue weighted by Crippen LogP contribution is 2.27. The molecule has 0 aromatic heterocycles. The molecule has 2 unspecified atom stereocenters. The van der Waals surface area contributed by atoms with E-state index in [1.165, 1.54) is 0 Å². The molecular weight excluding hydrogens is 234 g/mol. The topological polar surface area (TPSA) is 29.1 Å². The van der Waals surface area contributed by atoms with Gasteiger partial charge in [-0.05, 0) is 23.7 Å². The van der Waals surface area contributed by atoms with E-state index in [1.54, 1.807) is 0 Å². The van der Waals surface area contributed by atoms with Crippen LogP contribution in [0.4, 0.5) is 0 Å². The third-order valence-electron chi connectivity index (χ3n) is 3.54. The first-order valence-electron chi connectivity index (χ1n) is 6.53. The molecule has 1 amide bonds. The number of carbonyl (C=O) groups is 1. The van der Waals surface area contributed by atoms with Gasteiger partial charge in [0.15, 0.2) is 0 Å². The zero-order valence-corrected chi connectivity index (χ0v) is 12.9. The summed E-state index contributed by atoms with van der Waals surface area (Å²) in [6, 6.07) is 0.201. The second-order valence-corrected chi connectivity index (χ2v) is 6.74. The van der Waals surface area contributed by atoms with E-state index in [4.69, 9.17) is 11.6 Å². The second kappa shape index (κ2) is 7.25. The Morgan fingerprint density at radius 1 is 1.24 bits per heavy atom. The minimum Gasteiger partial charge on any atom is -0.353 e. The van der Waals surface area contributed by atoms with Crippen molar-refractivity contribution < 1.29 is 4.79 Å². The number of hydrogen-bond donors (Lipinski definition) is 1. The van der Waals surface area contributed by atoms with Crippen LogP contribution in [0.5, 0.6) is 0 Å². The minimum absolute atomic E-state index is 0.149. The number of nitrogens with one attached hydrogen (secondary N) is 1. The van der Waals surface area contributed by atoms with Crippen molar-refractivity contribution in [2.45, 2.75) is 60.4 Å². The Labute approximate surface area is 111 Å². The molecule has 2 nitrogen and oxygen atoms in total. The third kappa shape index (κ3) is 6.92. The minimum atomic E-state index is 0.149. The molecule has 0 aromatic carbocycles. The fourth-order valence-corrected chi connectivity index (χ4v) is 1.77. The summed E-state index contributed by atoms with van der Waals surface area (Å²) in [5.74, 6) is 1.56. The van der Waals surface area contributed by atoms with Crippen molar-refractivity contribution in [2.75, 3.05) is 5.88 Å². The van der Waals surface area contributed by atoms with Gasteiger partial charge in [-0.1, -0.05) is 41.5 Å². The average Bonchev–Trinajstić information content (AvgIpc) is 2.15. The van der Waals surface area contributed by atoms with Gasteiger partial charge < -0.3 is 5.32 Å². The molecule has 0 aromatic rings. The van der Waals surface area contributed by atoms with Crippen LogP contribution in [0.1, 0.15) is 54.4 Å². The Kier molecular flexibility index (Phi) is 7.15. The van der Waals surface area contributed by atoms with E-state index in [0.717, 1.165) is 6.42 Å². The second-order valence-electron chi connectivity index (χ2n) is 6.37. The lowest BCUT2D eigenvalue weighted by atomic mass is 9.80. The Morgan fingerprint density at radius 2 is 1.76 bits per heavy atom. The Bertz CT molecular complexity index is 233. The highest BCUT2D eigenvalue weighted by atomic mass is 35.5. The number of rotatable bonds is 6. The number of hydrogen-bond acceptors (Lipinski definition) is 1. The van der Waals surface area contributed by atoms with Gasteiger partial charge in [0.05, 0.1) is 0 Å². The molecule has 0 rings (SSSR count). The van der Waals surface area contributed by atoms with Gasteiger partial charge in [-0.3, -0.25) is 4.79 Å². The van der Waals surface area contributed by atoms with Crippen molar-refractivity contribution in [1.82, 2.24) is 5.32 Å². The molecule has 0 radical (unpaired) electrons. The van der Waals surface area contributed by atoms with Crippen molar-refractivity contribution >= 4 is 17.5 Å². The molecule has 0 heterocycles. The van der Waals surface area contributed by atoms with Crippen LogP contribution in [0, 0.1) is 17.3 Å². The fraction of sp³-hybridized carbons (Fsp3) is 0.929. The molecule has 102 valence electrons. The molecule has 0 aliphatic heterocycles. The van der Waals surface area contributed by atoms with Crippen molar-refractivity contribution in [1.29, 1.82) is 0 Å². The lowest BCUT2D eigenvalue weighted by molar-refractivity contribution is -0.123. The highest BCUT2D eigenvalue weighted by molar-refractivity contribution is 6.17. The molecular formula is C14H28ClNO. The fourth-order valence-electron chi connectivity index (χ4n) is 1.54. The summed E-state index contributed by atoms with van der Waals surface area (Å²) >= 11 is 5.75. The van der Waals surface area contributed by atoms with Gasteiger partial charge in [0.25, 0.3) is 0 Å². The Balaban J connectivity index is 4.24. The first-order chi connectivity index (χ1) is 7.68. The quantitative estimate of drug-likeness (QED) is 0.724. The summed E-state index contributed by atoms with van der Waals surface area (Å²) in [5.41, 5.74) is 0.178. The zero-order chi connectivity index (χ0) is 13.6. The van der Waals surface area contributed by atoms with E-state index < -0.39 is 0 Å². The van der Waals surface area contributed by atoms with Crippen molar-refractivity contribution in [2.24, 2.45) is 17.3 Å². The van der Waals surface area contributed by atoms with Gasteiger partial charge in [0, 0.05) is 18.3 Å². The molecule has 0 fully saturated rings. The van der Waals surface area contributed by atoms with Crippen LogP contribution in [0.3, 0.4) is 0 Å². The average molecular weight is 262 g/mol. The van der Waals surface area contributed by atoms with E-state index in [-0.39, 0.29) is 17.4 Å². The predicted octanol–water partition coefficient (Wildman–Crippen LogP) is 3.83. The van der Waals surface area contributed by atoms with E-state index in [0.29, 0.717) is 24.1 Å². The van der Waals surface area contributed by atoms with Crippen molar-refractivity contribution in [3.8, 4) is 0 Å². The molecule has 0 saturated heterocycles. The molecule has 0 saturated carbocycles. The maximum atomic E-state index is 11.9. The van der Waals surface area contributed by atoms with E-state index >= 15 is 0 Å². The number of alkyl halides is 1. The van der Waals surface area contributed by atoms with Crippen molar-refractivity contribution in [3.05, 3.63) is 0 Å². The first-order valence-corrected chi connectivity index (χ1v) is 7.07. The standard InChI is InChI=1S/C14H28ClNO/c1-10(2)12(7-8-15)16-13(17)9-11(3)14(4,5)6/h10-12H,7-9H2,1-6H3,(H,16,17). The smallest absolute Gasteiger partial charge is 0.220 e. The molecule has 1 N–H and O–H groups in total. The molecule has 0 aliphatic carbocycles. The van der Waals surface area contributed by atoms with Gasteiger partial charge in [0.1, 0.15) is 0 Å². The Morgan fingerprint density at radius 3 is 2.12 bits per heavy atom. The SMILES string of the molecule is CC(C)C(CCCl)NC(=O)CC(C)C(C)(C)C. The summed E-state index contributed by atoms with van der Waals surface area (Å²) in [5, 5.41) is 3.10. The van der Waals surface area contributed by atoms with Crippen molar-refractivity contribution in [3.63, 3.8) is 0 Å². The van der Waals surface area contributed by atoms with E-state index in [9.17, 15) is 4.79 Å². The monoisotopic (exact) mass is 261 g/mol. The summed E-state index contributed by atoms with van der Waals surface area (Å²) in [4.78, 5) is 11.9. The van der Waals surface area contributed by atoms with E-state index in [1.807, 2.05) is 0 Å². The normalized spacial score (nSPS) is 15.8. The summed E-state index contributed by atoms with van der Waals surface area (Å²) in [7, 11) is 0. The molecule has 3 heteroatoms. The van der Waals surface area contributed by atoms with Crippen LogP contribution in [0.2, 0.25) is 0 Å². The number of amides is 1. The largest absolute Gasteiger partial charge is 0.353 e. The zero-order valence-electron chi connectivity index (χ0n) is 12.1. The predicted molar refractivity (Wildman–Crippen MR) is 75.3 cm³/mol.